The zero-order valence-electron chi connectivity index (χ0n) is 30.9. The molecular formula is C46H48N4O2Pd2. The van der Waals surface area contributed by atoms with E-state index in [1.165, 1.54) is 0 Å². The molecule has 6 nitrogen and oxygen atoms in total. The Hall–Kier alpha value is -5.02. The van der Waals surface area contributed by atoms with E-state index >= 15 is 0 Å². The molecule has 0 saturated carbocycles. The monoisotopic (exact) mass is 900 g/mol. The summed E-state index contributed by atoms with van der Waals surface area (Å²) in [5, 5.41) is 9.04. The van der Waals surface area contributed by atoms with Crippen molar-refractivity contribution in [2.75, 3.05) is 0 Å². The number of hydrogen-bond donors (Lipinski definition) is 0. The molecule has 0 unspecified atom stereocenters. The molecule has 0 aliphatic heterocycles. The smallest absolute Gasteiger partial charge is 0.870 e. The molecule has 0 aliphatic rings. The van der Waals surface area contributed by atoms with Crippen LogP contribution in [0.15, 0.2) is 228 Å². The Kier molecular flexibility index (Phi) is 30.9. The van der Waals surface area contributed by atoms with Crippen molar-refractivity contribution in [3.8, 4) is 0 Å². The number of allylic oxidation sites excluding steroid dienone is 4. The number of hydrogen-bond acceptors (Lipinski definition) is 4. The number of nitrogens with zero attached hydrogens (tertiary/aromatic N) is 4. The molecule has 0 heterocycles. The molecule has 0 atom stereocenters. The third kappa shape index (κ3) is 25.0. The van der Waals surface area contributed by atoms with Crippen LogP contribution in [0, 0.1) is 0 Å². The van der Waals surface area contributed by atoms with Gasteiger partial charge in [0.25, 0.3) is 0 Å². The molecular weight excluding hydrogens is 853 g/mol. The molecule has 6 rings (SSSR count). The summed E-state index contributed by atoms with van der Waals surface area (Å²) in [5.74, 6) is 0. The molecule has 0 radical (unpaired) electrons. The second-order valence-electron chi connectivity index (χ2n) is 11.0. The summed E-state index contributed by atoms with van der Waals surface area (Å²) in [4.78, 5) is 9.04. The van der Waals surface area contributed by atoms with Crippen LogP contribution in [-0.4, -0.2) is 22.4 Å². The van der Waals surface area contributed by atoms with E-state index in [0.29, 0.717) is 0 Å². The maximum Gasteiger partial charge on any atom is 2.00 e. The Morgan fingerprint density at radius 3 is 0.796 bits per heavy atom. The molecule has 0 saturated heterocycles. The van der Waals surface area contributed by atoms with Crippen molar-refractivity contribution >= 4 is 34.2 Å². The molecule has 0 aliphatic carbocycles. The fourth-order valence-electron chi connectivity index (χ4n) is 4.33. The van der Waals surface area contributed by atoms with Gasteiger partial charge in [0.1, 0.15) is 0 Å². The molecule has 0 bridgehead atoms. The van der Waals surface area contributed by atoms with Crippen molar-refractivity contribution in [1.82, 2.24) is 0 Å². The van der Waals surface area contributed by atoms with Gasteiger partial charge in [0.05, 0.1) is 11.4 Å². The second kappa shape index (κ2) is 32.6. The standard InChI is InChI=1S/2C17H17N2.2C6H6.2H2O.2Pd/c2*1-14(18-16-9-5-3-6-10-16)13-15(2)19-17-11-7-4-8-12-17;2*1-2-4-6-5-3-1;;;;/h2*3-13H,1-2H3;2*1-6H;2*1H2;;/q2*-1;;;;;2*+2/p-2/b2*14-13-,19-15?;;;;;;. The molecule has 0 amide bonds. The van der Waals surface area contributed by atoms with Crippen LogP contribution in [0.2, 0.25) is 0 Å². The Morgan fingerprint density at radius 1 is 0.352 bits per heavy atom. The van der Waals surface area contributed by atoms with Crippen LogP contribution in [0.4, 0.5) is 22.7 Å². The average molecular weight is 902 g/mol. The fourth-order valence-corrected chi connectivity index (χ4v) is 4.33. The van der Waals surface area contributed by atoms with E-state index in [4.69, 9.17) is 0 Å². The molecule has 54 heavy (non-hydrogen) atoms. The molecule has 8 heteroatoms. The van der Waals surface area contributed by atoms with Gasteiger partial charge in [-0.15, -0.1) is 11.4 Å². The Morgan fingerprint density at radius 2 is 0.556 bits per heavy atom. The van der Waals surface area contributed by atoms with Gasteiger partial charge >= 0.3 is 40.8 Å². The van der Waals surface area contributed by atoms with Gasteiger partial charge in [0.15, 0.2) is 0 Å². The summed E-state index contributed by atoms with van der Waals surface area (Å²) >= 11 is 0. The van der Waals surface area contributed by atoms with Gasteiger partial charge < -0.3 is 21.6 Å². The minimum Gasteiger partial charge on any atom is -0.870 e. The number of para-hydroxylation sites is 4. The molecule has 6 aromatic rings. The number of rotatable bonds is 8. The topological polar surface area (TPSA) is 113 Å². The summed E-state index contributed by atoms with van der Waals surface area (Å²) in [6.07, 6.45) is 3.97. The van der Waals surface area contributed by atoms with Crippen LogP contribution in [0.5, 0.6) is 0 Å². The van der Waals surface area contributed by atoms with Gasteiger partial charge in [-0.3, -0.25) is 9.98 Å². The Balaban J connectivity index is 0. The van der Waals surface area contributed by atoms with E-state index in [2.05, 4.69) is 20.6 Å². The average Bonchev–Trinajstić information content (AvgIpc) is 3.15. The van der Waals surface area contributed by atoms with E-state index in [9.17, 15) is 0 Å². The quantitative estimate of drug-likeness (QED) is 0.112. The third-order valence-corrected chi connectivity index (χ3v) is 6.42. The van der Waals surface area contributed by atoms with Gasteiger partial charge in [-0.1, -0.05) is 196 Å². The normalized spacial score (nSPS) is 10.4. The molecule has 2 N–H and O–H groups in total. The first-order chi connectivity index (χ1) is 24.5. The summed E-state index contributed by atoms with van der Waals surface area (Å²) in [7, 11) is 0. The number of aliphatic imine (C=N–C) groups is 2. The summed E-state index contributed by atoms with van der Waals surface area (Å²) in [5.41, 5.74) is 7.64. The summed E-state index contributed by atoms with van der Waals surface area (Å²) in [6, 6.07) is 63.7. The van der Waals surface area contributed by atoms with Crippen molar-refractivity contribution in [2.45, 2.75) is 27.7 Å². The van der Waals surface area contributed by atoms with Gasteiger partial charge in [-0.25, -0.2) is 0 Å². The first kappa shape index (κ1) is 51.1. The van der Waals surface area contributed by atoms with Gasteiger partial charge in [0, 0.05) is 11.4 Å². The van der Waals surface area contributed by atoms with Crippen LogP contribution < -0.4 is 0 Å². The van der Waals surface area contributed by atoms with Gasteiger partial charge in [0.2, 0.25) is 0 Å². The van der Waals surface area contributed by atoms with E-state index in [1.54, 1.807) is 0 Å². The predicted molar refractivity (Wildman–Crippen MR) is 222 cm³/mol. The molecule has 0 aromatic heterocycles. The fraction of sp³-hybridized carbons (Fsp3) is 0.0870. The number of benzene rings is 6. The van der Waals surface area contributed by atoms with Crippen molar-refractivity contribution in [2.24, 2.45) is 9.98 Å². The van der Waals surface area contributed by atoms with Crippen molar-refractivity contribution in [3.05, 3.63) is 228 Å². The largest absolute Gasteiger partial charge is 2.00 e. The van der Waals surface area contributed by atoms with Gasteiger partial charge in [-0.05, 0) is 38.1 Å². The maximum absolute atomic E-state index is 4.52. The minimum atomic E-state index is 0. The van der Waals surface area contributed by atoms with Crippen LogP contribution in [0.1, 0.15) is 27.7 Å². The predicted octanol–water partition coefficient (Wildman–Crippen LogP) is 13.8. The first-order valence-electron chi connectivity index (χ1n) is 16.6. The van der Waals surface area contributed by atoms with Crippen LogP contribution in [-0.2, 0) is 40.8 Å². The molecule has 284 valence electrons. The van der Waals surface area contributed by atoms with Gasteiger partial charge in [-0.2, -0.15) is 11.4 Å². The first-order valence-corrected chi connectivity index (χ1v) is 16.6. The molecule has 6 aromatic carbocycles. The van der Waals surface area contributed by atoms with Crippen molar-refractivity contribution in [1.29, 1.82) is 0 Å². The zero-order valence-corrected chi connectivity index (χ0v) is 34.1. The van der Waals surface area contributed by atoms with Crippen LogP contribution >= 0.6 is 0 Å². The SMILES string of the molecule is CC(/C=C(/C)[N-]c1ccccc1)=Nc1ccccc1.CC(/C=C(/C)[N-]c1ccccc1)=Nc1ccccc1.[OH-].[OH-].[Pd+2].[Pd+2].c1ccccc1.c1ccccc1. The van der Waals surface area contributed by atoms with E-state index in [-0.39, 0.29) is 51.8 Å². The molecule has 0 fully saturated rings. The second-order valence-corrected chi connectivity index (χ2v) is 11.0. The van der Waals surface area contributed by atoms with E-state index in [1.807, 2.05) is 234 Å². The summed E-state index contributed by atoms with van der Waals surface area (Å²) < 4.78 is 0. The minimum absolute atomic E-state index is 0. The molecule has 0 spiro atoms. The van der Waals surface area contributed by atoms with Crippen LogP contribution in [0.3, 0.4) is 0 Å². The Labute approximate surface area is 349 Å². The van der Waals surface area contributed by atoms with E-state index in [0.717, 1.165) is 45.6 Å². The van der Waals surface area contributed by atoms with Crippen molar-refractivity contribution < 1.29 is 51.8 Å². The summed E-state index contributed by atoms with van der Waals surface area (Å²) in [6.45, 7) is 7.93. The van der Waals surface area contributed by atoms with Crippen molar-refractivity contribution in [3.63, 3.8) is 0 Å². The third-order valence-electron chi connectivity index (χ3n) is 6.42. The van der Waals surface area contributed by atoms with Crippen LogP contribution in [0.25, 0.3) is 10.6 Å². The van der Waals surface area contributed by atoms with E-state index < -0.39 is 0 Å². The maximum atomic E-state index is 4.52. The Bertz CT molecular complexity index is 1660. The zero-order chi connectivity index (χ0) is 35.5.